The first-order valence-corrected chi connectivity index (χ1v) is 10.1. The second kappa shape index (κ2) is 7.59. The van der Waals surface area contributed by atoms with E-state index in [4.69, 9.17) is 9.26 Å². The monoisotopic (exact) mass is 383 g/mol. The lowest BCUT2D eigenvalue weighted by molar-refractivity contribution is -0.122. The van der Waals surface area contributed by atoms with Crippen LogP contribution in [0.3, 0.4) is 0 Å². The Morgan fingerprint density at radius 2 is 2.04 bits per heavy atom. The SMILES string of the molecule is Cc1noc(C)c1CCC(=O)N[C@@H]1CC2(CCN(C)CC2)Oc2ccccc21. The fourth-order valence-electron chi connectivity index (χ4n) is 4.44. The number of nitrogens with zero attached hydrogens (tertiary/aromatic N) is 2. The Morgan fingerprint density at radius 1 is 1.29 bits per heavy atom. The molecule has 1 atom stereocenters. The molecule has 3 heterocycles. The average Bonchev–Trinajstić information content (AvgIpc) is 3.00. The lowest BCUT2D eigenvalue weighted by Crippen LogP contribution is -2.51. The molecular formula is C22H29N3O3. The smallest absolute Gasteiger partial charge is 0.220 e. The molecule has 2 aliphatic rings. The van der Waals surface area contributed by atoms with Gasteiger partial charge in [0, 0.05) is 37.1 Å². The molecule has 0 radical (unpaired) electrons. The Kier molecular flexibility index (Phi) is 5.15. The van der Waals surface area contributed by atoms with Crippen molar-refractivity contribution >= 4 is 5.91 Å². The molecule has 0 saturated carbocycles. The number of aryl methyl sites for hydroxylation is 2. The first-order chi connectivity index (χ1) is 13.5. The summed E-state index contributed by atoms with van der Waals surface area (Å²) in [5.74, 6) is 1.77. The molecule has 0 aliphatic carbocycles. The molecule has 1 aromatic heterocycles. The predicted molar refractivity (Wildman–Crippen MR) is 106 cm³/mol. The minimum atomic E-state index is -0.180. The highest BCUT2D eigenvalue weighted by Gasteiger charge is 2.43. The van der Waals surface area contributed by atoms with E-state index in [0.717, 1.165) is 60.7 Å². The van der Waals surface area contributed by atoms with Gasteiger partial charge in [-0.3, -0.25) is 4.79 Å². The van der Waals surface area contributed by atoms with Crippen LogP contribution in [0, 0.1) is 13.8 Å². The first kappa shape index (κ1) is 19.0. The molecular weight excluding hydrogens is 354 g/mol. The van der Waals surface area contributed by atoms with Crippen LogP contribution < -0.4 is 10.1 Å². The standard InChI is InChI=1S/C22H29N3O3/c1-15-17(16(2)28-24-15)8-9-21(26)23-19-14-22(10-12-25(3)13-11-22)27-20-7-5-4-6-18(19)20/h4-7,19H,8-14H2,1-3H3,(H,23,26)/t19-/m1/s1. The van der Waals surface area contributed by atoms with Crippen molar-refractivity contribution in [3.63, 3.8) is 0 Å². The number of amides is 1. The Hall–Kier alpha value is -2.34. The van der Waals surface area contributed by atoms with Crippen molar-refractivity contribution in [3.8, 4) is 5.75 Å². The first-order valence-electron chi connectivity index (χ1n) is 10.1. The molecule has 6 heteroatoms. The number of benzene rings is 1. The van der Waals surface area contributed by atoms with Gasteiger partial charge < -0.3 is 19.5 Å². The van der Waals surface area contributed by atoms with Gasteiger partial charge in [-0.2, -0.15) is 0 Å². The average molecular weight is 383 g/mol. The van der Waals surface area contributed by atoms with Gasteiger partial charge in [-0.25, -0.2) is 0 Å². The number of carbonyl (C=O) groups is 1. The summed E-state index contributed by atoms with van der Waals surface area (Å²) < 4.78 is 11.7. The molecule has 1 amide bonds. The Morgan fingerprint density at radius 3 is 2.75 bits per heavy atom. The number of hydrogen-bond acceptors (Lipinski definition) is 5. The number of fused-ring (bicyclic) bond motifs is 1. The van der Waals surface area contributed by atoms with E-state index in [0.29, 0.717) is 12.8 Å². The summed E-state index contributed by atoms with van der Waals surface area (Å²) in [6.07, 6.45) is 3.88. The highest BCUT2D eigenvalue weighted by Crippen LogP contribution is 2.44. The minimum absolute atomic E-state index is 0.00877. The number of piperidine rings is 1. The molecule has 1 saturated heterocycles. The quantitative estimate of drug-likeness (QED) is 0.877. The van der Waals surface area contributed by atoms with Crippen molar-refractivity contribution in [2.45, 2.75) is 57.6 Å². The number of ether oxygens (including phenoxy) is 1. The van der Waals surface area contributed by atoms with E-state index >= 15 is 0 Å². The van der Waals surface area contributed by atoms with Crippen LogP contribution in [0.5, 0.6) is 5.75 Å². The molecule has 150 valence electrons. The number of aromatic nitrogens is 1. The molecule has 1 N–H and O–H groups in total. The second-order valence-corrected chi connectivity index (χ2v) is 8.25. The maximum absolute atomic E-state index is 12.8. The number of rotatable bonds is 4. The normalized spacial score (nSPS) is 21.2. The number of para-hydroxylation sites is 1. The lowest BCUT2D eigenvalue weighted by Gasteiger charge is -2.46. The van der Waals surface area contributed by atoms with Crippen LogP contribution in [0.4, 0.5) is 0 Å². The summed E-state index contributed by atoms with van der Waals surface area (Å²) in [6.45, 7) is 5.86. The van der Waals surface area contributed by atoms with Crippen LogP contribution in [0.15, 0.2) is 28.8 Å². The fourth-order valence-corrected chi connectivity index (χ4v) is 4.44. The fraction of sp³-hybridized carbons (Fsp3) is 0.545. The van der Waals surface area contributed by atoms with Gasteiger partial charge in [-0.05, 0) is 46.2 Å². The van der Waals surface area contributed by atoms with E-state index in [-0.39, 0.29) is 17.6 Å². The maximum Gasteiger partial charge on any atom is 0.220 e. The highest BCUT2D eigenvalue weighted by atomic mass is 16.5. The predicted octanol–water partition coefficient (Wildman–Crippen LogP) is 3.33. The third-order valence-electron chi connectivity index (χ3n) is 6.21. The molecule has 4 rings (SSSR count). The van der Waals surface area contributed by atoms with Gasteiger partial charge in [0.2, 0.25) is 5.91 Å². The van der Waals surface area contributed by atoms with E-state index in [1.54, 1.807) is 0 Å². The van der Waals surface area contributed by atoms with E-state index < -0.39 is 0 Å². The van der Waals surface area contributed by atoms with Gasteiger partial charge in [0.1, 0.15) is 17.1 Å². The van der Waals surface area contributed by atoms with E-state index in [9.17, 15) is 4.79 Å². The molecule has 2 aliphatic heterocycles. The Balaban J connectivity index is 1.47. The number of likely N-dealkylation sites (tertiary alicyclic amines) is 1. The number of nitrogens with one attached hydrogen (secondary N) is 1. The Labute approximate surface area is 166 Å². The summed E-state index contributed by atoms with van der Waals surface area (Å²) in [5, 5.41) is 7.25. The molecule has 1 aromatic carbocycles. The topological polar surface area (TPSA) is 67.6 Å². The molecule has 28 heavy (non-hydrogen) atoms. The zero-order valence-corrected chi connectivity index (χ0v) is 17.0. The van der Waals surface area contributed by atoms with Crippen LogP contribution >= 0.6 is 0 Å². The molecule has 1 spiro atoms. The third-order valence-corrected chi connectivity index (χ3v) is 6.21. The molecule has 2 aromatic rings. The van der Waals surface area contributed by atoms with Crippen LogP contribution in [0.2, 0.25) is 0 Å². The zero-order valence-electron chi connectivity index (χ0n) is 17.0. The van der Waals surface area contributed by atoms with Gasteiger partial charge in [-0.1, -0.05) is 23.4 Å². The van der Waals surface area contributed by atoms with Crippen molar-refractivity contribution < 1.29 is 14.1 Å². The minimum Gasteiger partial charge on any atom is -0.487 e. The van der Waals surface area contributed by atoms with Crippen LogP contribution in [0.1, 0.15) is 54.3 Å². The van der Waals surface area contributed by atoms with Crippen molar-refractivity contribution in [1.29, 1.82) is 0 Å². The van der Waals surface area contributed by atoms with Crippen molar-refractivity contribution in [3.05, 3.63) is 46.8 Å². The summed E-state index contributed by atoms with van der Waals surface area (Å²) in [7, 11) is 2.15. The second-order valence-electron chi connectivity index (χ2n) is 8.25. The van der Waals surface area contributed by atoms with Crippen molar-refractivity contribution in [2.24, 2.45) is 0 Å². The van der Waals surface area contributed by atoms with Crippen LogP contribution in [-0.2, 0) is 11.2 Å². The lowest BCUT2D eigenvalue weighted by atomic mass is 9.80. The van der Waals surface area contributed by atoms with E-state index in [2.05, 4.69) is 28.5 Å². The molecule has 0 unspecified atom stereocenters. The maximum atomic E-state index is 12.8. The molecule has 0 bridgehead atoms. The molecule has 1 fully saturated rings. The summed E-state index contributed by atoms with van der Waals surface area (Å²) in [4.78, 5) is 15.1. The number of hydrogen-bond donors (Lipinski definition) is 1. The van der Waals surface area contributed by atoms with Gasteiger partial charge in [0.05, 0.1) is 11.7 Å². The van der Waals surface area contributed by atoms with Crippen molar-refractivity contribution in [2.75, 3.05) is 20.1 Å². The van der Waals surface area contributed by atoms with Gasteiger partial charge >= 0.3 is 0 Å². The van der Waals surface area contributed by atoms with Gasteiger partial charge in [-0.15, -0.1) is 0 Å². The Bertz CT molecular complexity index is 833. The van der Waals surface area contributed by atoms with Crippen molar-refractivity contribution in [1.82, 2.24) is 15.4 Å². The van der Waals surface area contributed by atoms with Crippen LogP contribution in [0.25, 0.3) is 0 Å². The van der Waals surface area contributed by atoms with E-state index in [1.807, 2.05) is 32.0 Å². The molecule has 6 nitrogen and oxygen atoms in total. The summed E-state index contributed by atoms with van der Waals surface area (Å²) in [6, 6.07) is 8.10. The third kappa shape index (κ3) is 3.78. The zero-order chi connectivity index (χ0) is 19.7. The summed E-state index contributed by atoms with van der Waals surface area (Å²) >= 11 is 0. The largest absolute Gasteiger partial charge is 0.487 e. The number of carbonyl (C=O) groups excluding carboxylic acids is 1. The van der Waals surface area contributed by atoms with E-state index in [1.165, 1.54) is 0 Å². The highest BCUT2D eigenvalue weighted by molar-refractivity contribution is 5.77. The van der Waals surface area contributed by atoms with Gasteiger partial charge in [0.25, 0.3) is 0 Å². The van der Waals surface area contributed by atoms with Crippen LogP contribution in [-0.4, -0.2) is 41.7 Å². The van der Waals surface area contributed by atoms with Gasteiger partial charge in [0.15, 0.2) is 0 Å². The summed E-state index contributed by atoms with van der Waals surface area (Å²) in [5.41, 5.74) is 2.81.